The van der Waals surface area contributed by atoms with E-state index in [-0.39, 0.29) is 18.2 Å². The third kappa shape index (κ3) is 6.08. The highest BCUT2D eigenvalue weighted by Crippen LogP contribution is 2.17. The molecule has 1 N–H and O–H groups in total. The first-order chi connectivity index (χ1) is 16.8. The first-order valence-corrected chi connectivity index (χ1v) is 10.6. The Labute approximate surface area is 199 Å². The molecule has 0 radical (unpaired) electrons. The van der Waals surface area contributed by atoms with Crippen LogP contribution in [0.4, 0.5) is 10.2 Å². The summed E-state index contributed by atoms with van der Waals surface area (Å²) in [6.45, 7) is 4.92. The van der Waals surface area contributed by atoms with Gasteiger partial charge in [-0.2, -0.15) is 9.78 Å². The lowest BCUT2D eigenvalue weighted by atomic mass is 10.3. The van der Waals surface area contributed by atoms with Crippen LogP contribution < -0.4 is 10.1 Å². The first kappa shape index (κ1) is 23.6. The minimum atomic E-state index is -0.810. The van der Waals surface area contributed by atoms with E-state index in [1.54, 1.807) is 19.1 Å². The van der Waals surface area contributed by atoms with Gasteiger partial charge in [0.2, 0.25) is 5.76 Å². The fourth-order valence-electron chi connectivity index (χ4n) is 3.17. The molecule has 4 rings (SSSR count). The Balaban J connectivity index is 1.32. The third-order valence-electron chi connectivity index (χ3n) is 4.65. The maximum absolute atomic E-state index is 13.0. The molecule has 0 spiro atoms. The van der Waals surface area contributed by atoms with Gasteiger partial charge < -0.3 is 19.2 Å². The summed E-state index contributed by atoms with van der Waals surface area (Å²) in [7, 11) is 0. The van der Waals surface area contributed by atoms with Crippen LogP contribution >= 0.6 is 0 Å². The quantitative estimate of drug-likeness (QED) is 0.380. The second kappa shape index (κ2) is 10.2. The molecule has 0 bridgehead atoms. The molecule has 0 aliphatic heterocycles. The maximum atomic E-state index is 13.0. The van der Waals surface area contributed by atoms with Gasteiger partial charge in [-0.15, -0.1) is 0 Å². The summed E-state index contributed by atoms with van der Waals surface area (Å²) < 4.78 is 30.3. The number of benzene rings is 1. The highest BCUT2D eigenvalue weighted by molar-refractivity contribution is 5.94. The molecule has 35 heavy (non-hydrogen) atoms. The number of amides is 1. The normalized spacial score (nSPS) is 10.7. The molecule has 0 fully saturated rings. The van der Waals surface area contributed by atoms with Crippen LogP contribution in [0.1, 0.15) is 33.4 Å². The number of aryl methyl sites for hydroxylation is 3. The van der Waals surface area contributed by atoms with E-state index >= 15 is 0 Å². The largest absolute Gasteiger partial charge is 0.486 e. The zero-order valence-corrected chi connectivity index (χ0v) is 19.2. The van der Waals surface area contributed by atoms with E-state index in [0.29, 0.717) is 29.0 Å². The molecular formula is C24H22FN5O5. The van der Waals surface area contributed by atoms with Crippen LogP contribution in [0, 0.1) is 26.6 Å². The fraction of sp³-hybridized carbons (Fsp3) is 0.208. The predicted octanol–water partition coefficient (Wildman–Crippen LogP) is 3.69. The summed E-state index contributed by atoms with van der Waals surface area (Å²) in [6, 6.07) is 11.9. The van der Waals surface area contributed by atoms with E-state index in [0.717, 1.165) is 11.4 Å². The lowest BCUT2D eigenvalue weighted by molar-refractivity contribution is -0.119. The Morgan fingerprint density at radius 3 is 2.43 bits per heavy atom. The zero-order chi connectivity index (χ0) is 24.9. The van der Waals surface area contributed by atoms with Crippen molar-refractivity contribution in [2.75, 3.05) is 11.9 Å². The van der Waals surface area contributed by atoms with Crippen molar-refractivity contribution >= 4 is 17.7 Å². The summed E-state index contributed by atoms with van der Waals surface area (Å²) in [5, 5.41) is 6.98. The molecule has 0 atom stereocenters. The molecule has 0 unspecified atom stereocenters. The van der Waals surface area contributed by atoms with Crippen LogP contribution in [-0.2, 0) is 16.1 Å². The molecule has 1 amide bonds. The van der Waals surface area contributed by atoms with Crippen molar-refractivity contribution < 1.29 is 27.9 Å². The maximum Gasteiger partial charge on any atom is 0.374 e. The Kier molecular flexibility index (Phi) is 6.86. The van der Waals surface area contributed by atoms with Gasteiger partial charge in [0.05, 0.1) is 5.69 Å². The molecule has 4 aromatic rings. The lowest BCUT2D eigenvalue weighted by Gasteiger charge is -2.09. The first-order valence-electron chi connectivity index (χ1n) is 10.6. The van der Waals surface area contributed by atoms with Crippen LogP contribution in [0.25, 0.3) is 5.95 Å². The smallest absolute Gasteiger partial charge is 0.374 e. The van der Waals surface area contributed by atoms with E-state index in [2.05, 4.69) is 20.4 Å². The van der Waals surface area contributed by atoms with Gasteiger partial charge >= 0.3 is 5.97 Å². The van der Waals surface area contributed by atoms with Crippen LogP contribution in [0.3, 0.4) is 0 Å². The molecule has 0 saturated heterocycles. The van der Waals surface area contributed by atoms with Gasteiger partial charge in [-0.1, -0.05) is 0 Å². The van der Waals surface area contributed by atoms with Crippen LogP contribution in [-0.4, -0.2) is 38.2 Å². The minimum absolute atomic E-state index is 0.0310. The van der Waals surface area contributed by atoms with Gasteiger partial charge in [0, 0.05) is 17.5 Å². The molecule has 3 heterocycles. The molecule has 0 aliphatic rings. The average Bonchev–Trinajstić information content (AvgIpc) is 3.43. The monoisotopic (exact) mass is 479 g/mol. The number of furan rings is 1. The number of nitrogens with one attached hydrogen (secondary N) is 1. The van der Waals surface area contributed by atoms with Gasteiger partial charge in [-0.05, 0) is 63.2 Å². The number of nitrogens with zero attached hydrogens (tertiary/aromatic N) is 4. The lowest BCUT2D eigenvalue weighted by Crippen LogP contribution is -2.22. The molecule has 0 aliphatic carbocycles. The standard InChI is InChI=1S/C24H22FN5O5/c1-14-10-15(2)27-24(26-14)30-21(11-16(3)29-30)28-22(31)13-34-23(32)20-9-8-19(35-20)12-33-18-6-4-17(25)5-7-18/h4-11H,12-13H2,1-3H3,(H,28,31). The number of esters is 1. The van der Waals surface area contributed by atoms with Crippen LogP contribution in [0.2, 0.25) is 0 Å². The average molecular weight is 479 g/mol. The molecular weight excluding hydrogens is 457 g/mol. The van der Waals surface area contributed by atoms with E-state index in [1.807, 2.05) is 19.9 Å². The zero-order valence-electron chi connectivity index (χ0n) is 19.2. The molecule has 11 heteroatoms. The molecule has 0 saturated carbocycles. The van der Waals surface area contributed by atoms with Gasteiger partial charge in [0.1, 0.15) is 29.8 Å². The summed E-state index contributed by atoms with van der Waals surface area (Å²) in [5.74, 6) is -0.378. The van der Waals surface area contributed by atoms with Gasteiger partial charge in [0.25, 0.3) is 11.9 Å². The SMILES string of the molecule is Cc1cc(C)nc(-n2nc(C)cc2NC(=O)COC(=O)c2ccc(COc3ccc(F)cc3)o2)n1. The Hall–Kier alpha value is -4.54. The van der Waals surface area contributed by atoms with Crippen molar-refractivity contribution in [3.63, 3.8) is 0 Å². The predicted molar refractivity (Wildman–Crippen MR) is 122 cm³/mol. The second-order valence-electron chi connectivity index (χ2n) is 7.67. The molecule has 3 aromatic heterocycles. The second-order valence-corrected chi connectivity index (χ2v) is 7.67. The summed E-state index contributed by atoms with van der Waals surface area (Å²) in [4.78, 5) is 33.4. The summed E-state index contributed by atoms with van der Waals surface area (Å²) in [5.41, 5.74) is 2.16. The number of ether oxygens (including phenoxy) is 2. The highest BCUT2D eigenvalue weighted by atomic mass is 19.1. The summed E-state index contributed by atoms with van der Waals surface area (Å²) >= 11 is 0. The fourth-order valence-corrected chi connectivity index (χ4v) is 3.17. The van der Waals surface area contributed by atoms with E-state index in [9.17, 15) is 14.0 Å². The Morgan fingerprint density at radius 1 is 1.00 bits per heavy atom. The number of anilines is 1. The third-order valence-corrected chi connectivity index (χ3v) is 4.65. The van der Waals surface area contributed by atoms with Gasteiger partial charge in [-0.3, -0.25) is 4.79 Å². The number of carbonyl (C=O) groups is 2. The Morgan fingerprint density at radius 2 is 1.71 bits per heavy atom. The van der Waals surface area contributed by atoms with Crippen molar-refractivity contribution in [3.8, 4) is 11.7 Å². The van der Waals surface area contributed by atoms with Crippen molar-refractivity contribution in [2.45, 2.75) is 27.4 Å². The van der Waals surface area contributed by atoms with Crippen molar-refractivity contribution in [2.24, 2.45) is 0 Å². The van der Waals surface area contributed by atoms with Crippen molar-refractivity contribution in [1.29, 1.82) is 0 Å². The van der Waals surface area contributed by atoms with Crippen molar-refractivity contribution in [3.05, 3.63) is 83.0 Å². The molecule has 180 valence electrons. The minimum Gasteiger partial charge on any atom is -0.486 e. The van der Waals surface area contributed by atoms with Crippen LogP contribution in [0.15, 0.2) is 52.9 Å². The number of halogens is 1. The number of aromatic nitrogens is 4. The van der Waals surface area contributed by atoms with Gasteiger partial charge in [-0.25, -0.2) is 19.2 Å². The van der Waals surface area contributed by atoms with E-state index < -0.39 is 18.5 Å². The summed E-state index contributed by atoms with van der Waals surface area (Å²) in [6.07, 6.45) is 0. The Bertz CT molecular complexity index is 1340. The number of hydrogen-bond donors (Lipinski definition) is 1. The number of rotatable bonds is 8. The van der Waals surface area contributed by atoms with E-state index in [1.165, 1.54) is 35.0 Å². The molecule has 10 nitrogen and oxygen atoms in total. The number of carbonyl (C=O) groups excluding carboxylic acids is 2. The van der Waals surface area contributed by atoms with Crippen LogP contribution in [0.5, 0.6) is 5.75 Å². The van der Waals surface area contributed by atoms with E-state index in [4.69, 9.17) is 13.9 Å². The van der Waals surface area contributed by atoms with Crippen molar-refractivity contribution in [1.82, 2.24) is 19.7 Å². The number of hydrogen-bond acceptors (Lipinski definition) is 8. The molecule has 1 aromatic carbocycles. The van der Waals surface area contributed by atoms with Gasteiger partial charge in [0.15, 0.2) is 6.61 Å². The topological polar surface area (TPSA) is 121 Å². The highest BCUT2D eigenvalue weighted by Gasteiger charge is 2.17.